The van der Waals surface area contributed by atoms with Crippen molar-refractivity contribution in [3.8, 4) is 5.75 Å². The molecule has 1 heterocycles. The summed E-state index contributed by atoms with van der Waals surface area (Å²) in [7, 11) is -2.18. The summed E-state index contributed by atoms with van der Waals surface area (Å²) in [5, 5.41) is 2.74. The summed E-state index contributed by atoms with van der Waals surface area (Å²) in [4.78, 5) is 16.1. The lowest BCUT2D eigenvalue weighted by Gasteiger charge is -2.23. The molecule has 0 bridgehead atoms. The number of benzene rings is 1. The number of nitrogens with one attached hydrogen (secondary N) is 1. The van der Waals surface area contributed by atoms with Crippen molar-refractivity contribution >= 4 is 21.6 Å². The molecule has 0 spiro atoms. The molecule has 0 atom stereocenters. The third kappa shape index (κ3) is 5.49. The molecule has 0 aliphatic heterocycles. The van der Waals surface area contributed by atoms with E-state index < -0.39 is 10.0 Å². The average molecular weight is 366 g/mol. The van der Waals surface area contributed by atoms with E-state index in [1.54, 1.807) is 36.8 Å². The van der Waals surface area contributed by atoms with Crippen molar-refractivity contribution in [1.29, 1.82) is 0 Å². The van der Waals surface area contributed by atoms with Gasteiger partial charge in [-0.05, 0) is 18.6 Å². The maximum atomic E-state index is 12.2. The molecule has 8 nitrogen and oxygen atoms in total. The lowest BCUT2D eigenvalue weighted by atomic mass is 10.3. The van der Waals surface area contributed by atoms with E-state index in [1.165, 1.54) is 7.11 Å². The number of imidazole rings is 1. The van der Waals surface area contributed by atoms with Crippen LogP contribution in [0, 0.1) is 0 Å². The molecule has 25 heavy (non-hydrogen) atoms. The maximum Gasteiger partial charge on any atom is 0.240 e. The number of hydrogen-bond donors (Lipinski definition) is 1. The molecule has 1 N–H and O–H groups in total. The second-order valence-corrected chi connectivity index (χ2v) is 7.35. The number of anilines is 1. The molecule has 0 saturated carbocycles. The Balaban J connectivity index is 1.96. The minimum absolute atomic E-state index is 0.301. The van der Waals surface area contributed by atoms with E-state index in [2.05, 4.69) is 10.3 Å². The van der Waals surface area contributed by atoms with Crippen LogP contribution in [0.15, 0.2) is 43.0 Å². The van der Waals surface area contributed by atoms with Crippen LogP contribution < -0.4 is 14.4 Å². The number of nitrogens with zero attached hydrogens (tertiary/aromatic N) is 3. The Kier molecular flexibility index (Phi) is 6.40. The van der Waals surface area contributed by atoms with E-state index in [0.717, 1.165) is 23.5 Å². The highest BCUT2D eigenvalue weighted by Crippen LogP contribution is 2.29. The first-order chi connectivity index (χ1) is 11.9. The van der Waals surface area contributed by atoms with Gasteiger partial charge in [0, 0.05) is 25.5 Å². The lowest BCUT2D eigenvalue weighted by molar-refractivity contribution is -0.119. The molecule has 0 saturated heterocycles. The van der Waals surface area contributed by atoms with Crippen molar-refractivity contribution in [3.05, 3.63) is 43.0 Å². The van der Waals surface area contributed by atoms with Gasteiger partial charge in [-0.25, -0.2) is 13.4 Å². The number of carbonyl (C=O) groups is 1. The predicted molar refractivity (Wildman–Crippen MR) is 95.0 cm³/mol. The van der Waals surface area contributed by atoms with Crippen molar-refractivity contribution in [2.45, 2.75) is 13.0 Å². The molecule has 9 heteroatoms. The van der Waals surface area contributed by atoms with Crippen LogP contribution in [0.3, 0.4) is 0 Å². The van der Waals surface area contributed by atoms with Gasteiger partial charge in [0.2, 0.25) is 15.9 Å². The Hall–Kier alpha value is -2.55. The largest absolute Gasteiger partial charge is 0.495 e. The first-order valence-corrected chi connectivity index (χ1v) is 9.60. The molecule has 0 aliphatic carbocycles. The van der Waals surface area contributed by atoms with Crippen LogP contribution in [0.1, 0.15) is 6.42 Å². The van der Waals surface area contributed by atoms with Crippen molar-refractivity contribution in [2.24, 2.45) is 0 Å². The van der Waals surface area contributed by atoms with Crippen LogP contribution in [-0.4, -0.2) is 50.3 Å². The number of ether oxygens (including phenoxy) is 1. The zero-order valence-corrected chi connectivity index (χ0v) is 15.1. The number of rotatable bonds is 9. The number of hydrogen-bond acceptors (Lipinski definition) is 5. The van der Waals surface area contributed by atoms with Crippen LogP contribution in [0.4, 0.5) is 5.69 Å². The Morgan fingerprint density at radius 3 is 2.76 bits per heavy atom. The van der Waals surface area contributed by atoms with E-state index in [1.807, 2.05) is 10.8 Å². The van der Waals surface area contributed by atoms with Crippen LogP contribution in [0.5, 0.6) is 5.75 Å². The summed E-state index contributed by atoms with van der Waals surface area (Å²) in [6, 6.07) is 6.68. The van der Waals surface area contributed by atoms with Gasteiger partial charge in [-0.1, -0.05) is 12.1 Å². The normalized spacial score (nSPS) is 11.1. The van der Waals surface area contributed by atoms with Gasteiger partial charge in [0.1, 0.15) is 12.3 Å². The van der Waals surface area contributed by atoms with Crippen LogP contribution in [-0.2, 0) is 21.4 Å². The third-order valence-corrected chi connectivity index (χ3v) is 4.64. The summed E-state index contributed by atoms with van der Waals surface area (Å²) >= 11 is 0. The van der Waals surface area contributed by atoms with Gasteiger partial charge in [-0.15, -0.1) is 0 Å². The third-order valence-electron chi connectivity index (χ3n) is 3.52. The van der Waals surface area contributed by atoms with Gasteiger partial charge in [-0.2, -0.15) is 0 Å². The monoisotopic (exact) mass is 366 g/mol. The Morgan fingerprint density at radius 1 is 1.36 bits per heavy atom. The van der Waals surface area contributed by atoms with Crippen molar-refractivity contribution < 1.29 is 17.9 Å². The number of aromatic nitrogens is 2. The summed E-state index contributed by atoms with van der Waals surface area (Å²) in [5.41, 5.74) is 0.334. The zero-order chi connectivity index (χ0) is 18.3. The number of sulfonamides is 1. The second-order valence-electron chi connectivity index (χ2n) is 5.45. The van der Waals surface area contributed by atoms with Gasteiger partial charge < -0.3 is 14.6 Å². The molecule has 2 rings (SSSR count). The fraction of sp³-hybridized carbons (Fsp3) is 0.375. The topological polar surface area (TPSA) is 93.5 Å². The summed E-state index contributed by atoms with van der Waals surface area (Å²) in [6.07, 6.45) is 7.01. The van der Waals surface area contributed by atoms with Gasteiger partial charge in [0.05, 0.1) is 25.4 Å². The number of methoxy groups -OCH3 is 1. The van der Waals surface area contributed by atoms with E-state index in [0.29, 0.717) is 18.0 Å². The molecule has 0 unspecified atom stereocenters. The van der Waals surface area contributed by atoms with E-state index >= 15 is 0 Å². The Morgan fingerprint density at radius 2 is 2.12 bits per heavy atom. The predicted octanol–water partition coefficient (Wildman–Crippen LogP) is 0.864. The molecule has 1 aromatic carbocycles. The maximum absolute atomic E-state index is 12.2. The number of amides is 1. The van der Waals surface area contributed by atoms with Gasteiger partial charge >= 0.3 is 0 Å². The molecule has 1 aromatic heterocycles. The van der Waals surface area contributed by atoms with Crippen molar-refractivity contribution in [2.75, 3.05) is 30.8 Å². The van der Waals surface area contributed by atoms with E-state index in [-0.39, 0.29) is 12.5 Å². The highest BCUT2D eigenvalue weighted by Gasteiger charge is 2.23. The fourth-order valence-corrected chi connectivity index (χ4v) is 3.17. The average Bonchev–Trinajstić information content (AvgIpc) is 3.09. The lowest BCUT2D eigenvalue weighted by Crippen LogP contribution is -2.40. The molecule has 0 radical (unpaired) electrons. The number of carbonyl (C=O) groups excluding carboxylic acids is 1. The minimum atomic E-state index is -3.63. The first-order valence-electron chi connectivity index (χ1n) is 7.75. The first kappa shape index (κ1) is 18.8. The standard InChI is InChI=1S/C16H22N4O4S/c1-24-15-7-4-3-6-14(15)20(25(2,22)23)12-16(21)18-8-5-10-19-11-9-17-13-19/h3-4,6-7,9,11,13H,5,8,10,12H2,1-2H3,(H,18,21). The van der Waals surface area contributed by atoms with Gasteiger partial charge in [0.25, 0.3) is 0 Å². The highest BCUT2D eigenvalue weighted by molar-refractivity contribution is 7.92. The summed E-state index contributed by atoms with van der Waals surface area (Å²) < 4.78 is 32.3. The number of para-hydroxylation sites is 2. The molecular formula is C16H22N4O4S. The molecular weight excluding hydrogens is 344 g/mol. The SMILES string of the molecule is COc1ccccc1N(CC(=O)NCCCn1ccnc1)S(C)(=O)=O. The molecule has 136 valence electrons. The Bertz CT molecular complexity index is 790. The molecule has 2 aromatic rings. The van der Waals surface area contributed by atoms with Crippen LogP contribution in [0.25, 0.3) is 0 Å². The minimum Gasteiger partial charge on any atom is -0.495 e. The quantitative estimate of drug-likeness (QED) is 0.665. The smallest absolute Gasteiger partial charge is 0.240 e. The van der Waals surface area contributed by atoms with Gasteiger partial charge in [0.15, 0.2) is 0 Å². The second kappa shape index (κ2) is 8.52. The molecule has 0 aliphatic rings. The fourth-order valence-electron chi connectivity index (χ4n) is 2.31. The summed E-state index contributed by atoms with van der Waals surface area (Å²) in [5.74, 6) is 0.0165. The number of aryl methyl sites for hydroxylation is 1. The molecule has 0 fully saturated rings. The highest BCUT2D eigenvalue weighted by atomic mass is 32.2. The van der Waals surface area contributed by atoms with Gasteiger partial charge in [-0.3, -0.25) is 9.10 Å². The summed E-state index contributed by atoms with van der Waals surface area (Å²) in [6.45, 7) is 0.868. The zero-order valence-electron chi connectivity index (χ0n) is 14.3. The van der Waals surface area contributed by atoms with Crippen molar-refractivity contribution in [1.82, 2.24) is 14.9 Å². The Labute approximate surface area is 147 Å². The van der Waals surface area contributed by atoms with Crippen molar-refractivity contribution in [3.63, 3.8) is 0 Å². The van der Waals surface area contributed by atoms with Crippen LogP contribution >= 0.6 is 0 Å². The van der Waals surface area contributed by atoms with E-state index in [4.69, 9.17) is 4.74 Å². The molecule has 1 amide bonds. The van der Waals surface area contributed by atoms with E-state index in [9.17, 15) is 13.2 Å². The van der Waals surface area contributed by atoms with Crippen LogP contribution in [0.2, 0.25) is 0 Å².